The van der Waals surface area contributed by atoms with Crippen LogP contribution in [0.25, 0.3) is 0 Å². The van der Waals surface area contributed by atoms with E-state index in [4.69, 9.17) is 0 Å². The summed E-state index contributed by atoms with van der Waals surface area (Å²) in [4.78, 5) is 17.5. The SMILES string of the molecule is CC(=O)N1CCC(c2ccc(Br)cn2)CC1. The Balaban J connectivity index is 1.99. The average Bonchev–Trinajstić information content (AvgIpc) is 2.30. The van der Waals surface area contributed by atoms with E-state index in [2.05, 4.69) is 27.0 Å². The van der Waals surface area contributed by atoms with Gasteiger partial charge in [-0.1, -0.05) is 0 Å². The van der Waals surface area contributed by atoms with Crippen LogP contribution in [0.1, 0.15) is 31.4 Å². The van der Waals surface area contributed by atoms with E-state index in [0.29, 0.717) is 5.92 Å². The second kappa shape index (κ2) is 4.95. The van der Waals surface area contributed by atoms with Crippen LogP contribution in [0.2, 0.25) is 0 Å². The third-order valence-corrected chi connectivity index (χ3v) is 3.58. The van der Waals surface area contributed by atoms with Gasteiger partial charge in [0.1, 0.15) is 0 Å². The van der Waals surface area contributed by atoms with Gasteiger partial charge in [-0.2, -0.15) is 0 Å². The fraction of sp³-hybridized carbons (Fsp3) is 0.500. The lowest BCUT2D eigenvalue weighted by Crippen LogP contribution is -2.36. The molecule has 0 spiro atoms. The van der Waals surface area contributed by atoms with Crippen molar-refractivity contribution < 1.29 is 4.79 Å². The molecule has 16 heavy (non-hydrogen) atoms. The summed E-state index contributed by atoms with van der Waals surface area (Å²) < 4.78 is 1.01. The van der Waals surface area contributed by atoms with Crippen molar-refractivity contribution in [2.45, 2.75) is 25.7 Å². The minimum Gasteiger partial charge on any atom is -0.343 e. The molecule has 1 aromatic rings. The first-order valence-electron chi connectivity index (χ1n) is 5.54. The molecule has 3 nitrogen and oxygen atoms in total. The van der Waals surface area contributed by atoms with Gasteiger partial charge in [0, 0.05) is 42.3 Å². The number of hydrogen-bond acceptors (Lipinski definition) is 2. The minimum absolute atomic E-state index is 0.183. The number of rotatable bonds is 1. The van der Waals surface area contributed by atoms with E-state index in [9.17, 15) is 4.79 Å². The Morgan fingerprint density at radius 1 is 1.44 bits per heavy atom. The molecule has 0 saturated carbocycles. The first kappa shape index (κ1) is 11.6. The lowest BCUT2D eigenvalue weighted by atomic mass is 9.93. The van der Waals surface area contributed by atoms with Crippen molar-refractivity contribution in [3.8, 4) is 0 Å². The zero-order chi connectivity index (χ0) is 11.5. The summed E-state index contributed by atoms with van der Waals surface area (Å²) in [6, 6.07) is 4.10. The van der Waals surface area contributed by atoms with E-state index >= 15 is 0 Å². The number of nitrogens with zero attached hydrogens (tertiary/aromatic N) is 2. The molecule has 0 aliphatic carbocycles. The van der Waals surface area contributed by atoms with Crippen LogP contribution in [0.15, 0.2) is 22.8 Å². The van der Waals surface area contributed by atoms with Gasteiger partial charge in [-0.25, -0.2) is 0 Å². The smallest absolute Gasteiger partial charge is 0.219 e. The number of pyridine rings is 1. The van der Waals surface area contributed by atoms with E-state index in [-0.39, 0.29) is 5.91 Å². The Hall–Kier alpha value is -0.900. The molecule has 86 valence electrons. The number of likely N-dealkylation sites (tertiary alicyclic amines) is 1. The molecule has 1 saturated heterocycles. The maximum atomic E-state index is 11.2. The summed E-state index contributed by atoms with van der Waals surface area (Å²) in [7, 11) is 0. The van der Waals surface area contributed by atoms with E-state index in [0.717, 1.165) is 36.1 Å². The fourth-order valence-electron chi connectivity index (χ4n) is 2.12. The van der Waals surface area contributed by atoms with Crippen molar-refractivity contribution in [3.63, 3.8) is 0 Å². The van der Waals surface area contributed by atoms with Gasteiger partial charge in [-0.3, -0.25) is 9.78 Å². The number of halogens is 1. The molecular weight excluding hydrogens is 268 g/mol. The molecule has 0 atom stereocenters. The molecule has 2 heterocycles. The monoisotopic (exact) mass is 282 g/mol. The molecule has 1 aromatic heterocycles. The molecule has 1 aliphatic rings. The van der Waals surface area contributed by atoms with Crippen LogP contribution in [-0.4, -0.2) is 28.9 Å². The van der Waals surface area contributed by atoms with Crippen molar-refractivity contribution in [1.82, 2.24) is 9.88 Å². The van der Waals surface area contributed by atoms with Crippen molar-refractivity contribution in [1.29, 1.82) is 0 Å². The number of piperidine rings is 1. The second-order valence-electron chi connectivity index (χ2n) is 4.18. The number of amides is 1. The number of hydrogen-bond donors (Lipinski definition) is 0. The van der Waals surface area contributed by atoms with Gasteiger partial charge in [0.25, 0.3) is 0 Å². The summed E-state index contributed by atoms with van der Waals surface area (Å²) in [5, 5.41) is 0. The highest BCUT2D eigenvalue weighted by Gasteiger charge is 2.22. The number of carbonyl (C=O) groups is 1. The topological polar surface area (TPSA) is 33.2 Å². The van der Waals surface area contributed by atoms with Crippen LogP contribution >= 0.6 is 15.9 Å². The van der Waals surface area contributed by atoms with Crippen molar-refractivity contribution >= 4 is 21.8 Å². The summed E-state index contributed by atoms with van der Waals surface area (Å²) in [5.41, 5.74) is 1.14. The molecule has 0 unspecified atom stereocenters. The van der Waals surface area contributed by atoms with Crippen LogP contribution in [0.5, 0.6) is 0 Å². The first-order valence-corrected chi connectivity index (χ1v) is 6.33. The Bertz CT molecular complexity index is 369. The van der Waals surface area contributed by atoms with E-state index < -0.39 is 0 Å². The maximum Gasteiger partial charge on any atom is 0.219 e. The molecule has 0 bridgehead atoms. The zero-order valence-corrected chi connectivity index (χ0v) is 10.9. The normalized spacial score (nSPS) is 17.5. The molecule has 1 amide bonds. The summed E-state index contributed by atoms with van der Waals surface area (Å²) in [6.07, 6.45) is 3.88. The van der Waals surface area contributed by atoms with Crippen molar-refractivity contribution in [3.05, 3.63) is 28.5 Å². The fourth-order valence-corrected chi connectivity index (χ4v) is 2.35. The largest absolute Gasteiger partial charge is 0.343 e. The molecule has 0 N–H and O–H groups in total. The molecule has 2 rings (SSSR count). The van der Waals surface area contributed by atoms with Gasteiger partial charge in [0.15, 0.2) is 0 Å². The van der Waals surface area contributed by atoms with Crippen LogP contribution < -0.4 is 0 Å². The van der Waals surface area contributed by atoms with Gasteiger partial charge >= 0.3 is 0 Å². The van der Waals surface area contributed by atoms with E-state index in [1.165, 1.54) is 0 Å². The quantitative estimate of drug-likeness (QED) is 0.793. The molecular formula is C12H15BrN2O. The highest BCUT2D eigenvalue weighted by Crippen LogP contribution is 2.27. The summed E-state index contributed by atoms with van der Waals surface area (Å²) >= 11 is 3.38. The maximum absolute atomic E-state index is 11.2. The van der Waals surface area contributed by atoms with Gasteiger partial charge in [-0.05, 0) is 40.9 Å². The summed E-state index contributed by atoms with van der Waals surface area (Å²) in [5.74, 6) is 0.686. The Labute approximate surface area is 104 Å². The van der Waals surface area contributed by atoms with Crippen LogP contribution in [-0.2, 0) is 4.79 Å². The molecule has 4 heteroatoms. The Morgan fingerprint density at radius 2 is 2.12 bits per heavy atom. The Morgan fingerprint density at radius 3 is 2.62 bits per heavy atom. The molecule has 0 radical (unpaired) electrons. The van der Waals surface area contributed by atoms with Crippen molar-refractivity contribution in [2.24, 2.45) is 0 Å². The van der Waals surface area contributed by atoms with Gasteiger partial charge < -0.3 is 4.90 Å². The van der Waals surface area contributed by atoms with E-state index in [1.807, 2.05) is 17.2 Å². The van der Waals surface area contributed by atoms with E-state index in [1.54, 1.807) is 6.92 Å². The predicted molar refractivity (Wildman–Crippen MR) is 66.2 cm³/mol. The average molecular weight is 283 g/mol. The van der Waals surface area contributed by atoms with Gasteiger partial charge in [0.2, 0.25) is 5.91 Å². The number of carbonyl (C=O) groups excluding carboxylic acids is 1. The molecule has 0 aromatic carbocycles. The van der Waals surface area contributed by atoms with Gasteiger partial charge in [0.05, 0.1) is 0 Å². The summed E-state index contributed by atoms with van der Waals surface area (Å²) in [6.45, 7) is 3.35. The third-order valence-electron chi connectivity index (χ3n) is 3.11. The van der Waals surface area contributed by atoms with Crippen molar-refractivity contribution in [2.75, 3.05) is 13.1 Å². The van der Waals surface area contributed by atoms with Gasteiger partial charge in [-0.15, -0.1) is 0 Å². The minimum atomic E-state index is 0.183. The standard InChI is InChI=1S/C12H15BrN2O/c1-9(16)15-6-4-10(5-7-15)12-3-2-11(13)8-14-12/h2-3,8,10H,4-7H2,1H3. The molecule has 1 aliphatic heterocycles. The lowest BCUT2D eigenvalue weighted by molar-refractivity contribution is -0.129. The molecule has 1 fully saturated rings. The number of aromatic nitrogens is 1. The lowest BCUT2D eigenvalue weighted by Gasteiger charge is -2.30. The Kier molecular flexibility index (Phi) is 3.59. The highest BCUT2D eigenvalue weighted by molar-refractivity contribution is 9.10. The van der Waals surface area contributed by atoms with Crippen LogP contribution in [0.4, 0.5) is 0 Å². The first-order chi connectivity index (χ1) is 7.66. The van der Waals surface area contributed by atoms with Crippen LogP contribution in [0.3, 0.4) is 0 Å². The zero-order valence-electron chi connectivity index (χ0n) is 9.32. The highest BCUT2D eigenvalue weighted by atomic mass is 79.9. The predicted octanol–water partition coefficient (Wildman–Crippen LogP) is 2.57. The second-order valence-corrected chi connectivity index (χ2v) is 5.10. The third kappa shape index (κ3) is 2.61. The van der Waals surface area contributed by atoms with Crippen LogP contribution in [0, 0.1) is 0 Å².